The highest BCUT2D eigenvalue weighted by Gasteiger charge is 2.45. The van der Waals surface area contributed by atoms with Crippen molar-refractivity contribution in [2.24, 2.45) is 17.6 Å². The van der Waals surface area contributed by atoms with Crippen LogP contribution in [0.3, 0.4) is 0 Å². The predicted molar refractivity (Wildman–Crippen MR) is 142 cm³/mol. The summed E-state index contributed by atoms with van der Waals surface area (Å²) in [6.07, 6.45) is 11.7. The molecule has 2 saturated carbocycles. The van der Waals surface area contributed by atoms with Gasteiger partial charge < -0.3 is 16.0 Å². The van der Waals surface area contributed by atoms with Gasteiger partial charge in [0, 0.05) is 18.2 Å². The molecule has 0 aromatic heterocycles. The first kappa shape index (κ1) is 27.2. The van der Waals surface area contributed by atoms with Crippen LogP contribution in [0, 0.1) is 11.8 Å². The van der Waals surface area contributed by atoms with Gasteiger partial charge in [-0.3, -0.25) is 19.1 Å². The summed E-state index contributed by atoms with van der Waals surface area (Å²) in [5.41, 5.74) is 6.40. The quantitative estimate of drug-likeness (QED) is 0.250. The number of hydrogen-bond donors (Lipinski definition) is 3. The molecule has 0 unspecified atom stereocenters. The third kappa shape index (κ3) is 7.56. The summed E-state index contributed by atoms with van der Waals surface area (Å²) in [6, 6.07) is 8.65. The van der Waals surface area contributed by atoms with Crippen molar-refractivity contribution >= 4 is 33.4 Å². The van der Waals surface area contributed by atoms with Crippen molar-refractivity contribution in [1.82, 2.24) is 9.62 Å². The number of unbranched alkanes of at least 4 members (excludes halogenated alkanes) is 3. The monoisotopic (exact) mass is 530 g/mol. The number of likely N-dealkylation sites (tertiary alicyclic amines) is 1. The maximum atomic E-state index is 13.3. The number of rotatable bonds is 14. The Balaban J connectivity index is 1.19. The molecule has 1 aromatic rings. The normalized spacial score (nSPS) is 24.1. The molecule has 9 nitrogen and oxygen atoms in total. The molecule has 1 heterocycles. The fraction of sp³-hybridized carbons (Fsp3) is 0.593. The molecule has 3 fully saturated rings. The van der Waals surface area contributed by atoms with Gasteiger partial charge in [0.1, 0.15) is 12.1 Å². The molecule has 3 amide bonds. The number of para-hydroxylation sites is 1. The minimum Gasteiger partial charge on any atom is -0.374 e. The second-order valence-electron chi connectivity index (χ2n) is 10.4. The largest absolute Gasteiger partial charge is 0.374 e. The van der Waals surface area contributed by atoms with Crippen LogP contribution >= 0.6 is 0 Å². The Bertz CT molecular complexity index is 1100. The molecule has 4 rings (SSSR count). The minimum atomic E-state index is -3.48. The van der Waals surface area contributed by atoms with E-state index < -0.39 is 28.0 Å². The van der Waals surface area contributed by atoms with Gasteiger partial charge in [0.15, 0.2) is 0 Å². The van der Waals surface area contributed by atoms with Gasteiger partial charge >= 0.3 is 0 Å². The maximum absolute atomic E-state index is 13.3. The van der Waals surface area contributed by atoms with Crippen LogP contribution in [0.2, 0.25) is 0 Å². The van der Waals surface area contributed by atoms with E-state index in [2.05, 4.69) is 16.1 Å². The first-order valence-corrected chi connectivity index (χ1v) is 14.9. The van der Waals surface area contributed by atoms with E-state index in [-0.39, 0.29) is 28.9 Å². The molecule has 4 N–H and O–H groups in total. The lowest BCUT2D eigenvalue weighted by Crippen LogP contribution is -2.49. The van der Waals surface area contributed by atoms with Gasteiger partial charge in [-0.15, -0.1) is 0 Å². The molecule has 1 saturated heterocycles. The van der Waals surface area contributed by atoms with Crippen LogP contribution in [0.1, 0.15) is 64.2 Å². The zero-order chi connectivity index (χ0) is 26.4. The van der Waals surface area contributed by atoms with Crippen molar-refractivity contribution in [3.63, 3.8) is 0 Å². The molecule has 0 spiro atoms. The maximum Gasteiger partial charge on any atom is 0.245 e. The summed E-state index contributed by atoms with van der Waals surface area (Å²) in [4.78, 5) is 38.9. The average molecular weight is 531 g/mol. The molecule has 0 bridgehead atoms. The molecule has 2 aliphatic carbocycles. The standard InChI is InChI=1S/C27H38N4O5S/c28-25(32)24-14-9-17-31(24)27(34)23(29-20-11-6-4-7-12-20)13-8-3-1-2-5-10-19-18-22(19)26(33)30-37(35,36)21-15-16-21/h4-7,10-12,19,21-24,29H,1-3,8-9,13-18H2,(H2,28,32)(H,30,33)/b10-5-/t19-,22+,23+,24+/m1/s1. The third-order valence-corrected chi connectivity index (χ3v) is 9.24. The van der Waals surface area contributed by atoms with Crippen molar-refractivity contribution in [1.29, 1.82) is 0 Å². The van der Waals surface area contributed by atoms with Gasteiger partial charge in [-0.05, 0) is 69.4 Å². The Kier molecular flexibility index (Phi) is 8.89. The Morgan fingerprint density at radius 3 is 2.54 bits per heavy atom. The summed E-state index contributed by atoms with van der Waals surface area (Å²) in [5.74, 6) is -1.02. The lowest BCUT2D eigenvalue weighted by Gasteiger charge is -2.28. The average Bonchev–Trinajstić information content (AvgIpc) is 3.80. The van der Waals surface area contributed by atoms with E-state index >= 15 is 0 Å². The van der Waals surface area contributed by atoms with Gasteiger partial charge in [-0.2, -0.15) is 0 Å². The summed E-state index contributed by atoms with van der Waals surface area (Å²) in [6.45, 7) is 0.552. The zero-order valence-electron chi connectivity index (χ0n) is 21.2. The molecule has 1 aliphatic heterocycles. The van der Waals surface area contributed by atoms with Crippen LogP contribution in [0.5, 0.6) is 0 Å². The van der Waals surface area contributed by atoms with Gasteiger partial charge in [-0.25, -0.2) is 8.42 Å². The molecule has 1 aromatic carbocycles. The minimum absolute atomic E-state index is 0.0770. The molecule has 10 heteroatoms. The van der Waals surface area contributed by atoms with E-state index in [0.29, 0.717) is 38.6 Å². The predicted octanol–water partition coefficient (Wildman–Crippen LogP) is 2.69. The van der Waals surface area contributed by atoms with Crippen molar-refractivity contribution in [2.75, 3.05) is 11.9 Å². The molecule has 0 radical (unpaired) electrons. The number of carbonyl (C=O) groups excluding carboxylic acids is 3. The van der Waals surface area contributed by atoms with Gasteiger partial charge in [0.25, 0.3) is 0 Å². The van der Waals surface area contributed by atoms with E-state index in [0.717, 1.165) is 37.8 Å². The zero-order valence-corrected chi connectivity index (χ0v) is 22.0. The summed E-state index contributed by atoms with van der Waals surface area (Å²) >= 11 is 0. The topological polar surface area (TPSA) is 139 Å². The van der Waals surface area contributed by atoms with Gasteiger partial charge in [0.2, 0.25) is 27.7 Å². The SMILES string of the molecule is NC(=O)[C@@H]1CCCN1C(=O)[C@H](CCCCC/C=C\[C@@H]1C[C@@H]1C(=O)NS(=O)(=O)C1CC1)Nc1ccccc1. The number of nitrogens with one attached hydrogen (secondary N) is 2. The Morgan fingerprint density at radius 1 is 1.08 bits per heavy atom. The fourth-order valence-corrected chi connectivity index (χ4v) is 6.34. The van der Waals surface area contributed by atoms with E-state index in [9.17, 15) is 22.8 Å². The Labute approximate surface area is 219 Å². The fourth-order valence-electron chi connectivity index (χ4n) is 4.98. The number of nitrogens with zero attached hydrogens (tertiary/aromatic N) is 1. The van der Waals surface area contributed by atoms with Gasteiger partial charge in [0.05, 0.1) is 5.25 Å². The number of nitrogens with two attached hydrogens (primary N) is 1. The van der Waals surface area contributed by atoms with E-state index in [4.69, 9.17) is 5.73 Å². The van der Waals surface area contributed by atoms with Crippen LogP contribution in [-0.2, 0) is 24.4 Å². The number of carbonyl (C=O) groups is 3. The first-order valence-electron chi connectivity index (χ1n) is 13.4. The number of hydrogen-bond acceptors (Lipinski definition) is 6. The van der Waals surface area contributed by atoms with Crippen molar-refractivity contribution < 1.29 is 22.8 Å². The number of benzene rings is 1. The lowest BCUT2D eigenvalue weighted by atomic mass is 10.0. The molecular weight excluding hydrogens is 492 g/mol. The number of primary amides is 1. The Hall–Kier alpha value is -2.88. The molecular formula is C27H38N4O5S. The van der Waals surface area contributed by atoms with Crippen molar-refractivity contribution in [2.45, 2.75) is 81.5 Å². The lowest BCUT2D eigenvalue weighted by molar-refractivity contribution is -0.138. The van der Waals surface area contributed by atoms with Gasteiger partial charge in [-0.1, -0.05) is 43.2 Å². The summed E-state index contributed by atoms with van der Waals surface area (Å²) in [5, 5.41) is 2.96. The van der Waals surface area contributed by atoms with Crippen LogP contribution in [0.4, 0.5) is 5.69 Å². The second kappa shape index (κ2) is 12.1. The smallest absolute Gasteiger partial charge is 0.245 e. The second-order valence-corrected chi connectivity index (χ2v) is 12.4. The molecule has 37 heavy (non-hydrogen) atoms. The van der Waals surface area contributed by atoms with Crippen LogP contribution in [0.15, 0.2) is 42.5 Å². The van der Waals surface area contributed by atoms with E-state index in [1.807, 2.05) is 36.4 Å². The van der Waals surface area contributed by atoms with Crippen LogP contribution < -0.4 is 15.8 Å². The van der Waals surface area contributed by atoms with Crippen LogP contribution in [0.25, 0.3) is 0 Å². The molecule has 4 atom stereocenters. The van der Waals surface area contributed by atoms with E-state index in [1.54, 1.807) is 4.90 Å². The first-order chi connectivity index (χ1) is 17.8. The number of sulfonamides is 1. The summed E-state index contributed by atoms with van der Waals surface area (Å²) < 4.78 is 26.1. The number of allylic oxidation sites excluding steroid dienone is 2. The molecule has 3 aliphatic rings. The summed E-state index contributed by atoms with van der Waals surface area (Å²) in [7, 11) is -3.48. The highest BCUT2D eigenvalue weighted by molar-refractivity contribution is 7.90. The number of amides is 3. The van der Waals surface area contributed by atoms with Crippen molar-refractivity contribution in [3.8, 4) is 0 Å². The van der Waals surface area contributed by atoms with Crippen LogP contribution in [-0.4, -0.2) is 54.9 Å². The highest BCUT2D eigenvalue weighted by Crippen LogP contribution is 2.40. The highest BCUT2D eigenvalue weighted by atomic mass is 32.2. The van der Waals surface area contributed by atoms with Crippen molar-refractivity contribution in [3.05, 3.63) is 42.5 Å². The van der Waals surface area contributed by atoms with E-state index in [1.165, 1.54) is 0 Å². The third-order valence-electron chi connectivity index (χ3n) is 7.41. The Morgan fingerprint density at radius 2 is 1.84 bits per heavy atom. The number of anilines is 1. The molecule has 202 valence electrons.